The molecule has 1 saturated heterocycles. The largest absolute Gasteiger partial charge is 0.378 e. The Bertz CT molecular complexity index is 531. The van der Waals surface area contributed by atoms with Crippen LogP contribution in [0.25, 0.3) is 0 Å². The lowest BCUT2D eigenvalue weighted by Crippen LogP contribution is -2.41. The van der Waals surface area contributed by atoms with E-state index in [4.69, 9.17) is 15.0 Å². The van der Waals surface area contributed by atoms with Crippen LogP contribution in [-0.4, -0.2) is 53.3 Å². The molecule has 1 aliphatic heterocycles. The molecule has 7 nitrogen and oxygen atoms in total. The molecule has 25 heavy (non-hydrogen) atoms. The third-order valence-electron chi connectivity index (χ3n) is 4.42. The highest BCUT2D eigenvalue weighted by Gasteiger charge is 2.23. The number of rotatable bonds is 8. The summed E-state index contributed by atoms with van der Waals surface area (Å²) in [5.41, 5.74) is 5.35. The third-order valence-corrected chi connectivity index (χ3v) is 4.42. The summed E-state index contributed by atoms with van der Waals surface area (Å²) < 4.78 is 11.0. The number of aryl methyl sites for hydroxylation is 1. The lowest BCUT2D eigenvalue weighted by Gasteiger charge is -2.32. The average Bonchev–Trinajstić information content (AvgIpc) is 3.05. The molecule has 0 atom stereocenters. The van der Waals surface area contributed by atoms with Crippen LogP contribution in [0, 0.1) is 0 Å². The van der Waals surface area contributed by atoms with Crippen molar-refractivity contribution in [1.82, 2.24) is 15.0 Å². The second-order valence-corrected chi connectivity index (χ2v) is 7.71. The maximum atomic E-state index is 12.3. The molecule has 2 heterocycles. The van der Waals surface area contributed by atoms with Crippen molar-refractivity contribution in [3.8, 4) is 0 Å². The number of nitrogens with zero attached hydrogens (tertiary/aromatic N) is 3. The summed E-state index contributed by atoms with van der Waals surface area (Å²) in [6, 6.07) is 0. The van der Waals surface area contributed by atoms with Crippen molar-refractivity contribution < 1.29 is 14.1 Å². The van der Waals surface area contributed by atoms with Gasteiger partial charge in [-0.2, -0.15) is 4.98 Å². The number of piperidine rings is 1. The minimum atomic E-state index is -0.117. The Morgan fingerprint density at radius 3 is 2.64 bits per heavy atom. The molecule has 142 valence electrons. The van der Waals surface area contributed by atoms with Crippen LogP contribution in [0.15, 0.2) is 4.52 Å². The van der Waals surface area contributed by atoms with Gasteiger partial charge in [0.1, 0.15) is 0 Å². The van der Waals surface area contributed by atoms with Crippen molar-refractivity contribution in [2.45, 2.75) is 70.8 Å². The van der Waals surface area contributed by atoms with Crippen LogP contribution >= 0.6 is 0 Å². The molecule has 2 N–H and O–H groups in total. The first-order valence-corrected chi connectivity index (χ1v) is 9.32. The highest BCUT2D eigenvalue weighted by atomic mass is 16.5. The second-order valence-electron chi connectivity index (χ2n) is 7.71. The molecule has 1 aromatic heterocycles. The Kier molecular flexibility index (Phi) is 7.38. The van der Waals surface area contributed by atoms with E-state index in [0.717, 1.165) is 45.4 Å². The van der Waals surface area contributed by atoms with Crippen molar-refractivity contribution in [2.24, 2.45) is 5.73 Å². The normalized spacial score (nSPS) is 16.4. The summed E-state index contributed by atoms with van der Waals surface area (Å²) in [5.74, 6) is 1.53. The van der Waals surface area contributed by atoms with Gasteiger partial charge in [-0.3, -0.25) is 4.79 Å². The topological polar surface area (TPSA) is 94.5 Å². The number of hydrogen-bond donors (Lipinski definition) is 1. The van der Waals surface area contributed by atoms with Crippen molar-refractivity contribution in [3.63, 3.8) is 0 Å². The molecule has 1 fully saturated rings. The van der Waals surface area contributed by atoms with E-state index in [-0.39, 0.29) is 17.4 Å². The van der Waals surface area contributed by atoms with Gasteiger partial charge in [-0.05, 0) is 32.2 Å². The van der Waals surface area contributed by atoms with E-state index in [1.165, 1.54) is 0 Å². The zero-order valence-corrected chi connectivity index (χ0v) is 15.8. The quantitative estimate of drug-likeness (QED) is 0.720. The first kappa shape index (κ1) is 19.8. The number of hydrogen-bond acceptors (Lipinski definition) is 6. The molecule has 1 aliphatic rings. The van der Waals surface area contributed by atoms with Gasteiger partial charge < -0.3 is 19.9 Å². The Hall–Kier alpha value is -1.47. The van der Waals surface area contributed by atoms with Crippen molar-refractivity contribution in [3.05, 3.63) is 11.7 Å². The van der Waals surface area contributed by atoms with Crippen LogP contribution in [0.2, 0.25) is 0 Å². The highest BCUT2D eigenvalue weighted by molar-refractivity contribution is 5.76. The number of nitrogens with two attached hydrogens (primary N) is 1. The summed E-state index contributed by atoms with van der Waals surface area (Å²) in [6.45, 7) is 9.09. The Morgan fingerprint density at radius 2 is 2.04 bits per heavy atom. The van der Waals surface area contributed by atoms with Gasteiger partial charge in [-0.25, -0.2) is 0 Å². The number of ether oxygens (including phenoxy) is 1. The minimum absolute atomic E-state index is 0.117. The van der Waals surface area contributed by atoms with Gasteiger partial charge in [0, 0.05) is 38.0 Å². The van der Waals surface area contributed by atoms with Gasteiger partial charge in [0.25, 0.3) is 0 Å². The molecule has 0 saturated carbocycles. The van der Waals surface area contributed by atoms with Crippen LogP contribution in [-0.2, 0) is 21.4 Å². The van der Waals surface area contributed by atoms with Gasteiger partial charge in [-0.15, -0.1) is 0 Å². The molecule has 2 rings (SSSR count). The van der Waals surface area contributed by atoms with Crippen molar-refractivity contribution >= 4 is 5.91 Å². The average molecular weight is 352 g/mol. The molecule has 0 aromatic carbocycles. The predicted octanol–water partition coefficient (Wildman–Crippen LogP) is 2.05. The fraction of sp³-hybridized carbons (Fsp3) is 0.833. The molecule has 0 bridgehead atoms. The Balaban J connectivity index is 1.65. The van der Waals surface area contributed by atoms with E-state index in [0.29, 0.717) is 31.1 Å². The van der Waals surface area contributed by atoms with E-state index >= 15 is 0 Å². The fourth-order valence-corrected chi connectivity index (χ4v) is 2.82. The van der Waals surface area contributed by atoms with Gasteiger partial charge in [-0.1, -0.05) is 25.9 Å². The number of aromatic nitrogens is 2. The van der Waals surface area contributed by atoms with E-state index in [2.05, 4.69) is 30.9 Å². The first-order valence-electron chi connectivity index (χ1n) is 9.32. The first-order chi connectivity index (χ1) is 11.9. The predicted molar refractivity (Wildman–Crippen MR) is 95.2 cm³/mol. The maximum absolute atomic E-state index is 12.3. The number of amides is 1. The van der Waals surface area contributed by atoms with Gasteiger partial charge >= 0.3 is 0 Å². The Morgan fingerprint density at radius 1 is 1.32 bits per heavy atom. The van der Waals surface area contributed by atoms with Gasteiger partial charge in [0.2, 0.25) is 11.8 Å². The van der Waals surface area contributed by atoms with Crippen LogP contribution in [0.5, 0.6) is 0 Å². The SMILES string of the molecule is CC(C)(C)c1noc(CCCC(=O)N2CCC(OCCCN)CC2)n1. The standard InChI is InChI=1S/C18H32N4O3/c1-18(2,3)17-20-15(25-21-17)6-4-7-16(23)22-11-8-14(9-12-22)24-13-5-10-19/h14H,4-13,19H2,1-3H3. The van der Waals surface area contributed by atoms with Gasteiger partial charge in [0.05, 0.1) is 6.10 Å². The molecule has 0 radical (unpaired) electrons. The van der Waals surface area contributed by atoms with Crippen LogP contribution in [0.3, 0.4) is 0 Å². The van der Waals surface area contributed by atoms with Crippen LogP contribution in [0.1, 0.15) is 64.6 Å². The van der Waals surface area contributed by atoms with E-state index < -0.39 is 0 Å². The summed E-state index contributed by atoms with van der Waals surface area (Å²) >= 11 is 0. The lowest BCUT2D eigenvalue weighted by atomic mass is 9.96. The summed E-state index contributed by atoms with van der Waals surface area (Å²) in [6.07, 6.45) is 4.89. The second kappa shape index (κ2) is 9.29. The smallest absolute Gasteiger partial charge is 0.226 e. The van der Waals surface area contributed by atoms with Crippen molar-refractivity contribution in [2.75, 3.05) is 26.2 Å². The third kappa shape index (κ3) is 6.40. The molecule has 1 aromatic rings. The highest BCUT2D eigenvalue weighted by Crippen LogP contribution is 2.19. The van der Waals surface area contributed by atoms with E-state index in [1.54, 1.807) is 0 Å². The molecule has 0 unspecified atom stereocenters. The molecular weight excluding hydrogens is 320 g/mol. The molecule has 0 spiro atoms. The monoisotopic (exact) mass is 352 g/mol. The number of carbonyl (C=O) groups is 1. The number of carbonyl (C=O) groups excluding carboxylic acids is 1. The van der Waals surface area contributed by atoms with Crippen LogP contribution < -0.4 is 5.73 Å². The zero-order valence-electron chi connectivity index (χ0n) is 15.8. The minimum Gasteiger partial charge on any atom is -0.378 e. The summed E-state index contributed by atoms with van der Waals surface area (Å²) in [4.78, 5) is 18.7. The Labute approximate surface area is 150 Å². The van der Waals surface area contributed by atoms with Gasteiger partial charge in [0.15, 0.2) is 5.82 Å². The maximum Gasteiger partial charge on any atom is 0.226 e. The molecular formula is C18H32N4O3. The van der Waals surface area contributed by atoms with Crippen LogP contribution in [0.4, 0.5) is 0 Å². The number of likely N-dealkylation sites (tertiary alicyclic amines) is 1. The zero-order chi connectivity index (χ0) is 18.3. The summed E-state index contributed by atoms with van der Waals surface area (Å²) in [5, 5.41) is 4.01. The lowest BCUT2D eigenvalue weighted by molar-refractivity contribution is -0.133. The van der Waals surface area contributed by atoms with E-state index in [9.17, 15) is 4.79 Å². The van der Waals surface area contributed by atoms with E-state index in [1.807, 2.05) is 4.90 Å². The van der Waals surface area contributed by atoms with Crippen molar-refractivity contribution in [1.29, 1.82) is 0 Å². The molecule has 1 amide bonds. The molecule has 0 aliphatic carbocycles. The fourth-order valence-electron chi connectivity index (χ4n) is 2.82. The summed E-state index contributed by atoms with van der Waals surface area (Å²) in [7, 11) is 0. The molecule has 7 heteroatoms.